The Bertz CT molecular complexity index is 435. The lowest BCUT2D eigenvalue weighted by molar-refractivity contribution is 0.124. The van der Waals surface area contributed by atoms with Crippen molar-refractivity contribution in [3.63, 3.8) is 0 Å². The van der Waals surface area contributed by atoms with E-state index < -0.39 is 0 Å². The summed E-state index contributed by atoms with van der Waals surface area (Å²) in [5, 5.41) is 4.69. The van der Waals surface area contributed by atoms with E-state index in [0.29, 0.717) is 17.5 Å². The lowest BCUT2D eigenvalue weighted by atomic mass is 9.69. The first-order valence-electron chi connectivity index (χ1n) is 7.89. The normalized spacial score (nSPS) is 25.4. The van der Waals surface area contributed by atoms with Crippen LogP contribution in [0, 0.1) is 11.3 Å². The minimum atomic E-state index is 0.363. The number of hydrogen-bond donors (Lipinski definition) is 1. The fraction of sp³-hybridized carbons (Fsp3) is 0.667. The molecule has 1 aliphatic carbocycles. The van der Waals surface area contributed by atoms with Gasteiger partial charge in [-0.3, -0.25) is 0 Å². The van der Waals surface area contributed by atoms with E-state index in [4.69, 9.17) is 11.6 Å². The summed E-state index contributed by atoms with van der Waals surface area (Å²) in [5.74, 6) is 0.762. The van der Waals surface area contributed by atoms with Crippen molar-refractivity contribution >= 4 is 11.6 Å². The summed E-state index contributed by atoms with van der Waals surface area (Å²) in [6.07, 6.45) is 5.38. The lowest BCUT2D eigenvalue weighted by Crippen LogP contribution is -2.45. The van der Waals surface area contributed by atoms with Gasteiger partial charge in [-0.25, -0.2) is 0 Å². The third kappa shape index (κ3) is 3.99. The van der Waals surface area contributed by atoms with Gasteiger partial charge < -0.3 is 5.32 Å². The predicted molar refractivity (Wildman–Crippen MR) is 88.2 cm³/mol. The van der Waals surface area contributed by atoms with Gasteiger partial charge in [0.15, 0.2) is 0 Å². The highest BCUT2D eigenvalue weighted by Crippen LogP contribution is 2.38. The summed E-state index contributed by atoms with van der Waals surface area (Å²) in [7, 11) is 0. The first kappa shape index (κ1) is 15.9. The number of benzene rings is 1. The van der Waals surface area contributed by atoms with Crippen LogP contribution in [-0.4, -0.2) is 6.04 Å². The molecule has 0 saturated heterocycles. The van der Waals surface area contributed by atoms with Crippen molar-refractivity contribution in [3.8, 4) is 0 Å². The van der Waals surface area contributed by atoms with E-state index in [9.17, 15) is 0 Å². The molecule has 112 valence electrons. The number of hydrogen-bond acceptors (Lipinski definition) is 1. The molecular formula is C18H28ClN. The fourth-order valence-corrected chi connectivity index (χ4v) is 3.76. The second kappa shape index (κ2) is 6.49. The molecule has 20 heavy (non-hydrogen) atoms. The van der Waals surface area contributed by atoms with Crippen LogP contribution < -0.4 is 5.32 Å². The summed E-state index contributed by atoms with van der Waals surface area (Å²) >= 11 is 6.11. The zero-order valence-electron chi connectivity index (χ0n) is 13.2. The van der Waals surface area contributed by atoms with Crippen molar-refractivity contribution in [1.29, 1.82) is 0 Å². The van der Waals surface area contributed by atoms with Gasteiger partial charge in [-0.1, -0.05) is 57.3 Å². The molecule has 1 aromatic carbocycles. The SMILES string of the molecule is C[C@H](NC1CCCCC1C(C)(C)C)c1cccc(Cl)c1. The molecule has 1 N–H and O–H groups in total. The fourth-order valence-electron chi connectivity index (χ4n) is 3.56. The summed E-state index contributed by atoms with van der Waals surface area (Å²) in [6, 6.07) is 9.21. The van der Waals surface area contributed by atoms with Crippen molar-refractivity contribution < 1.29 is 0 Å². The monoisotopic (exact) mass is 293 g/mol. The van der Waals surface area contributed by atoms with Crippen molar-refractivity contribution in [3.05, 3.63) is 34.9 Å². The Morgan fingerprint density at radius 3 is 2.55 bits per heavy atom. The standard InChI is InChI=1S/C18H28ClN/c1-13(14-8-7-9-15(19)12-14)20-17-11-6-5-10-16(17)18(2,3)4/h7-9,12-13,16-17,20H,5-6,10-11H2,1-4H3/t13-,16?,17?/m0/s1. The zero-order valence-corrected chi connectivity index (χ0v) is 14.0. The first-order valence-corrected chi connectivity index (χ1v) is 8.27. The Morgan fingerprint density at radius 2 is 1.90 bits per heavy atom. The van der Waals surface area contributed by atoms with Crippen molar-refractivity contribution in [2.24, 2.45) is 11.3 Å². The van der Waals surface area contributed by atoms with Crippen LogP contribution >= 0.6 is 11.6 Å². The van der Waals surface area contributed by atoms with Crippen molar-refractivity contribution in [2.75, 3.05) is 0 Å². The van der Waals surface area contributed by atoms with Gasteiger partial charge >= 0.3 is 0 Å². The minimum absolute atomic E-state index is 0.363. The predicted octanol–water partition coefficient (Wildman–Crippen LogP) is 5.60. The van der Waals surface area contributed by atoms with Crippen LogP contribution in [0.15, 0.2) is 24.3 Å². The molecule has 1 aromatic rings. The first-order chi connectivity index (χ1) is 9.38. The number of rotatable bonds is 3. The third-order valence-corrected chi connectivity index (χ3v) is 4.93. The molecule has 1 aliphatic rings. The molecule has 0 amide bonds. The molecule has 1 fully saturated rings. The van der Waals surface area contributed by atoms with Crippen LogP contribution in [0.5, 0.6) is 0 Å². The van der Waals surface area contributed by atoms with Crippen LogP contribution in [0.3, 0.4) is 0 Å². The van der Waals surface area contributed by atoms with Gasteiger partial charge in [-0.05, 0) is 48.8 Å². The maximum Gasteiger partial charge on any atom is 0.0409 e. The van der Waals surface area contributed by atoms with Gasteiger partial charge in [0.25, 0.3) is 0 Å². The van der Waals surface area contributed by atoms with Gasteiger partial charge in [0.1, 0.15) is 0 Å². The smallest absolute Gasteiger partial charge is 0.0409 e. The number of nitrogens with one attached hydrogen (secondary N) is 1. The highest BCUT2D eigenvalue weighted by molar-refractivity contribution is 6.30. The van der Waals surface area contributed by atoms with Gasteiger partial charge in [-0.2, -0.15) is 0 Å². The summed E-state index contributed by atoms with van der Waals surface area (Å²) in [5.41, 5.74) is 1.67. The molecule has 0 radical (unpaired) electrons. The Kier molecular flexibility index (Phi) is 5.14. The van der Waals surface area contributed by atoms with Gasteiger partial charge in [0.2, 0.25) is 0 Å². The molecular weight excluding hydrogens is 266 g/mol. The maximum absolute atomic E-state index is 6.11. The molecule has 2 heteroatoms. The van der Waals surface area contributed by atoms with E-state index in [0.717, 1.165) is 10.9 Å². The molecule has 2 rings (SSSR count). The topological polar surface area (TPSA) is 12.0 Å². The van der Waals surface area contributed by atoms with Gasteiger partial charge in [0, 0.05) is 17.1 Å². The molecule has 3 atom stereocenters. The summed E-state index contributed by atoms with van der Waals surface area (Å²) in [6.45, 7) is 9.38. The van der Waals surface area contributed by atoms with E-state index in [1.165, 1.54) is 31.2 Å². The second-order valence-corrected chi connectivity index (χ2v) is 7.74. The lowest BCUT2D eigenvalue weighted by Gasteiger charge is -2.42. The quantitative estimate of drug-likeness (QED) is 0.765. The Morgan fingerprint density at radius 1 is 1.20 bits per heavy atom. The molecule has 1 saturated carbocycles. The largest absolute Gasteiger partial charge is 0.307 e. The highest BCUT2D eigenvalue weighted by Gasteiger charge is 2.34. The molecule has 1 nitrogen and oxygen atoms in total. The summed E-state index contributed by atoms with van der Waals surface area (Å²) in [4.78, 5) is 0. The van der Waals surface area contributed by atoms with E-state index in [2.05, 4.69) is 45.1 Å². The molecule has 0 bridgehead atoms. The zero-order chi connectivity index (χ0) is 14.8. The minimum Gasteiger partial charge on any atom is -0.307 e. The van der Waals surface area contributed by atoms with E-state index >= 15 is 0 Å². The molecule has 0 heterocycles. The molecule has 2 unspecified atom stereocenters. The number of halogens is 1. The van der Waals surface area contributed by atoms with E-state index in [-0.39, 0.29) is 0 Å². The molecule has 0 spiro atoms. The highest BCUT2D eigenvalue weighted by atomic mass is 35.5. The second-order valence-electron chi connectivity index (χ2n) is 7.31. The Hall–Kier alpha value is -0.530. The maximum atomic E-state index is 6.11. The van der Waals surface area contributed by atoms with Crippen LogP contribution in [-0.2, 0) is 0 Å². The van der Waals surface area contributed by atoms with Crippen molar-refractivity contribution in [2.45, 2.75) is 65.5 Å². The van der Waals surface area contributed by atoms with E-state index in [1.54, 1.807) is 0 Å². The van der Waals surface area contributed by atoms with Crippen LogP contribution in [0.25, 0.3) is 0 Å². The van der Waals surface area contributed by atoms with Crippen molar-refractivity contribution in [1.82, 2.24) is 5.32 Å². The van der Waals surface area contributed by atoms with Crippen LogP contribution in [0.4, 0.5) is 0 Å². The molecule has 0 aromatic heterocycles. The van der Waals surface area contributed by atoms with E-state index in [1.807, 2.05) is 12.1 Å². The Labute approximate surface area is 129 Å². The third-order valence-electron chi connectivity index (χ3n) is 4.69. The van der Waals surface area contributed by atoms with Crippen LogP contribution in [0.2, 0.25) is 5.02 Å². The van der Waals surface area contributed by atoms with Gasteiger partial charge in [-0.15, -0.1) is 0 Å². The van der Waals surface area contributed by atoms with Crippen LogP contribution in [0.1, 0.15) is 65.0 Å². The summed E-state index contributed by atoms with van der Waals surface area (Å²) < 4.78 is 0. The molecule has 0 aliphatic heterocycles. The average Bonchev–Trinajstić information content (AvgIpc) is 2.38. The Balaban J connectivity index is 2.07. The van der Waals surface area contributed by atoms with Gasteiger partial charge in [0.05, 0.1) is 0 Å². The average molecular weight is 294 g/mol.